The van der Waals surface area contributed by atoms with Crippen molar-refractivity contribution < 1.29 is 9.59 Å². The Morgan fingerprint density at radius 1 is 1.20 bits per heavy atom. The summed E-state index contributed by atoms with van der Waals surface area (Å²) in [6.07, 6.45) is 3.35. The summed E-state index contributed by atoms with van der Waals surface area (Å²) in [4.78, 5) is 27.3. The molecule has 0 N–H and O–H groups in total. The number of hydrogen-bond acceptors (Lipinski definition) is 3. The van der Waals surface area contributed by atoms with Gasteiger partial charge in [0.15, 0.2) is 0 Å². The Kier molecular flexibility index (Phi) is 3.20. The van der Waals surface area contributed by atoms with Crippen molar-refractivity contribution in [3.8, 4) is 0 Å². The molecular weight excluding hydrogens is 256 g/mol. The number of benzene rings is 1. The summed E-state index contributed by atoms with van der Waals surface area (Å²) < 4.78 is 1.55. The smallest absolute Gasteiger partial charge is 0.248 e. The summed E-state index contributed by atoms with van der Waals surface area (Å²) >= 11 is 0. The van der Waals surface area contributed by atoms with E-state index in [4.69, 9.17) is 0 Å². The molecule has 0 aliphatic carbocycles. The summed E-state index contributed by atoms with van der Waals surface area (Å²) in [6, 6.07) is 11.1. The van der Waals surface area contributed by atoms with E-state index in [1.165, 1.54) is 4.90 Å². The van der Waals surface area contributed by atoms with Crippen LogP contribution >= 0.6 is 0 Å². The first-order chi connectivity index (χ1) is 9.74. The van der Waals surface area contributed by atoms with Gasteiger partial charge >= 0.3 is 0 Å². The first-order valence-corrected chi connectivity index (χ1v) is 6.34. The van der Waals surface area contributed by atoms with Crippen LogP contribution in [0.4, 0.5) is 5.69 Å². The molecule has 1 fully saturated rings. The van der Waals surface area contributed by atoms with Gasteiger partial charge in [-0.05, 0) is 18.2 Å². The molecule has 2 aromatic rings. The van der Waals surface area contributed by atoms with Gasteiger partial charge in [0.1, 0.15) is 19.8 Å². The van der Waals surface area contributed by atoms with Crippen molar-refractivity contribution >= 4 is 17.5 Å². The van der Waals surface area contributed by atoms with Gasteiger partial charge in [0.2, 0.25) is 11.8 Å². The van der Waals surface area contributed by atoms with E-state index in [1.54, 1.807) is 28.0 Å². The summed E-state index contributed by atoms with van der Waals surface area (Å²) in [6.45, 7) is 0.570. The normalized spacial score (nSPS) is 14.9. The van der Waals surface area contributed by atoms with Gasteiger partial charge in [-0.3, -0.25) is 19.2 Å². The monoisotopic (exact) mass is 270 g/mol. The van der Waals surface area contributed by atoms with Crippen molar-refractivity contribution in [2.24, 2.45) is 0 Å². The number of rotatable bonds is 3. The van der Waals surface area contributed by atoms with Crippen molar-refractivity contribution in [3.63, 3.8) is 0 Å². The van der Waals surface area contributed by atoms with Crippen LogP contribution in [0.15, 0.2) is 48.8 Å². The fraction of sp³-hybridized carbons (Fsp3) is 0.214. The third-order valence-electron chi connectivity index (χ3n) is 3.22. The lowest BCUT2D eigenvalue weighted by Crippen LogP contribution is -2.33. The fourth-order valence-electron chi connectivity index (χ4n) is 2.18. The Labute approximate surface area is 116 Å². The van der Waals surface area contributed by atoms with Crippen LogP contribution < -0.4 is 4.90 Å². The van der Waals surface area contributed by atoms with E-state index < -0.39 is 0 Å². The predicted molar refractivity (Wildman–Crippen MR) is 72.7 cm³/mol. The van der Waals surface area contributed by atoms with Crippen molar-refractivity contribution in [1.82, 2.24) is 14.7 Å². The van der Waals surface area contributed by atoms with Gasteiger partial charge < -0.3 is 4.90 Å². The first kappa shape index (κ1) is 12.4. The van der Waals surface area contributed by atoms with Crippen LogP contribution in [0.25, 0.3) is 0 Å². The molecule has 1 aliphatic heterocycles. The lowest BCUT2D eigenvalue weighted by Gasteiger charge is -2.18. The number of aromatic nitrogens is 2. The van der Waals surface area contributed by atoms with Crippen LogP contribution in [-0.4, -0.2) is 39.7 Å². The lowest BCUT2D eigenvalue weighted by molar-refractivity contribution is -0.132. The molecule has 0 spiro atoms. The second kappa shape index (κ2) is 5.16. The standard InChI is InChI=1S/C14H14N4O2/c19-13(10-17-8-4-7-15-17)16-9-14(20)18(11-16)12-5-2-1-3-6-12/h1-8H,9-11H2. The van der Waals surface area contributed by atoms with Crippen LogP contribution in [-0.2, 0) is 16.1 Å². The van der Waals surface area contributed by atoms with Gasteiger partial charge in [-0.25, -0.2) is 0 Å². The second-order valence-corrected chi connectivity index (χ2v) is 4.59. The van der Waals surface area contributed by atoms with E-state index in [1.807, 2.05) is 30.3 Å². The number of carbonyl (C=O) groups excluding carboxylic acids is 2. The topological polar surface area (TPSA) is 58.4 Å². The van der Waals surface area contributed by atoms with Crippen molar-refractivity contribution in [2.45, 2.75) is 6.54 Å². The lowest BCUT2D eigenvalue weighted by atomic mass is 10.3. The van der Waals surface area contributed by atoms with Crippen LogP contribution in [0, 0.1) is 0 Å². The Hall–Kier alpha value is -2.63. The zero-order valence-corrected chi connectivity index (χ0v) is 10.8. The van der Waals surface area contributed by atoms with Gasteiger partial charge in [-0.1, -0.05) is 18.2 Å². The average Bonchev–Trinajstić information content (AvgIpc) is 3.09. The molecular formula is C14H14N4O2. The minimum atomic E-state index is -0.111. The van der Waals surface area contributed by atoms with Gasteiger partial charge in [-0.2, -0.15) is 5.10 Å². The van der Waals surface area contributed by atoms with E-state index in [2.05, 4.69) is 5.10 Å². The van der Waals surface area contributed by atoms with E-state index in [9.17, 15) is 9.59 Å². The van der Waals surface area contributed by atoms with Crippen molar-refractivity contribution in [2.75, 3.05) is 18.1 Å². The molecule has 2 heterocycles. The third kappa shape index (κ3) is 2.40. The zero-order valence-electron chi connectivity index (χ0n) is 10.8. The van der Waals surface area contributed by atoms with E-state index in [-0.39, 0.29) is 24.9 Å². The summed E-state index contributed by atoms with van der Waals surface area (Å²) in [5.41, 5.74) is 0.812. The van der Waals surface area contributed by atoms with E-state index in [0.717, 1.165) is 5.69 Å². The van der Waals surface area contributed by atoms with Crippen LogP contribution in [0.3, 0.4) is 0 Å². The molecule has 1 saturated heterocycles. The summed E-state index contributed by atoms with van der Waals surface area (Å²) in [5.74, 6) is -0.175. The molecule has 6 heteroatoms. The maximum atomic E-state index is 12.1. The summed E-state index contributed by atoms with van der Waals surface area (Å²) in [5, 5.41) is 3.99. The maximum absolute atomic E-state index is 12.1. The highest BCUT2D eigenvalue weighted by Crippen LogP contribution is 2.18. The minimum absolute atomic E-state index is 0.0648. The molecule has 1 aliphatic rings. The largest absolute Gasteiger partial charge is 0.314 e. The fourth-order valence-corrected chi connectivity index (χ4v) is 2.18. The average molecular weight is 270 g/mol. The highest BCUT2D eigenvalue weighted by Gasteiger charge is 2.31. The number of amides is 2. The predicted octanol–water partition coefficient (Wildman–Crippen LogP) is 0.716. The number of anilines is 1. The summed E-state index contributed by atoms with van der Waals surface area (Å²) in [7, 11) is 0. The van der Waals surface area contributed by atoms with Crippen molar-refractivity contribution in [1.29, 1.82) is 0 Å². The molecule has 0 unspecified atom stereocenters. The Bertz CT molecular complexity index is 609. The first-order valence-electron chi connectivity index (χ1n) is 6.34. The third-order valence-corrected chi connectivity index (χ3v) is 3.22. The van der Waals surface area contributed by atoms with Gasteiger partial charge in [0, 0.05) is 18.1 Å². The zero-order chi connectivity index (χ0) is 13.9. The van der Waals surface area contributed by atoms with Gasteiger partial charge in [0.05, 0.1) is 0 Å². The minimum Gasteiger partial charge on any atom is -0.314 e. The molecule has 3 rings (SSSR count). The molecule has 20 heavy (non-hydrogen) atoms. The second-order valence-electron chi connectivity index (χ2n) is 4.59. The number of nitrogens with zero attached hydrogens (tertiary/aromatic N) is 4. The maximum Gasteiger partial charge on any atom is 0.248 e. The van der Waals surface area contributed by atoms with Gasteiger partial charge in [0.25, 0.3) is 0 Å². The van der Waals surface area contributed by atoms with Crippen LogP contribution in [0.1, 0.15) is 0 Å². The number of para-hydroxylation sites is 1. The van der Waals surface area contributed by atoms with E-state index >= 15 is 0 Å². The molecule has 6 nitrogen and oxygen atoms in total. The highest BCUT2D eigenvalue weighted by atomic mass is 16.2. The Morgan fingerprint density at radius 2 is 2.00 bits per heavy atom. The number of carbonyl (C=O) groups is 2. The van der Waals surface area contributed by atoms with Crippen molar-refractivity contribution in [3.05, 3.63) is 48.8 Å². The molecule has 1 aromatic heterocycles. The molecule has 0 atom stereocenters. The molecule has 0 saturated carbocycles. The molecule has 0 bridgehead atoms. The Balaban J connectivity index is 1.69. The highest BCUT2D eigenvalue weighted by molar-refractivity contribution is 5.99. The molecule has 1 aromatic carbocycles. The quantitative estimate of drug-likeness (QED) is 0.825. The SMILES string of the molecule is O=C(Cn1cccn1)N1CC(=O)N(c2ccccc2)C1. The van der Waals surface area contributed by atoms with Gasteiger partial charge in [-0.15, -0.1) is 0 Å². The van der Waals surface area contributed by atoms with Crippen LogP contribution in [0.2, 0.25) is 0 Å². The van der Waals surface area contributed by atoms with Crippen LogP contribution in [0.5, 0.6) is 0 Å². The Morgan fingerprint density at radius 3 is 2.70 bits per heavy atom. The molecule has 2 amide bonds. The molecule has 102 valence electrons. The molecule has 0 radical (unpaired) electrons. The number of hydrogen-bond donors (Lipinski definition) is 0. The van der Waals surface area contributed by atoms with E-state index in [0.29, 0.717) is 6.67 Å².